The quantitative estimate of drug-likeness (QED) is 0.501. The average Bonchev–Trinajstić information content (AvgIpc) is 2.16. The molecule has 0 fully saturated rings. The molecule has 82 valence electrons. The molecule has 0 heterocycles. The van der Waals surface area contributed by atoms with Gasteiger partial charge in [-0.1, -0.05) is 33.8 Å². The number of rotatable bonds is 5. The Kier molecular flexibility index (Phi) is 4.89. The molecule has 0 aliphatic carbocycles. The maximum atomic E-state index is 11.1. The summed E-state index contributed by atoms with van der Waals surface area (Å²) in [7, 11) is 1.43. The van der Waals surface area contributed by atoms with E-state index in [-0.39, 0.29) is 11.4 Å². The van der Waals surface area contributed by atoms with Crippen LogP contribution in [0.3, 0.4) is 0 Å². The summed E-state index contributed by atoms with van der Waals surface area (Å²) in [4.78, 5) is 11.1. The van der Waals surface area contributed by atoms with E-state index in [4.69, 9.17) is 0 Å². The lowest BCUT2D eigenvalue weighted by atomic mass is 9.73. The van der Waals surface area contributed by atoms with Crippen molar-refractivity contribution in [3.63, 3.8) is 0 Å². The minimum absolute atomic E-state index is 0.0629. The van der Waals surface area contributed by atoms with Crippen molar-refractivity contribution in [1.82, 2.24) is 0 Å². The van der Waals surface area contributed by atoms with E-state index in [9.17, 15) is 4.79 Å². The van der Waals surface area contributed by atoms with Crippen molar-refractivity contribution in [3.05, 3.63) is 12.7 Å². The summed E-state index contributed by atoms with van der Waals surface area (Å²) in [5.74, 6) is 0.596. The van der Waals surface area contributed by atoms with Crippen LogP contribution < -0.4 is 0 Å². The second-order valence-corrected chi connectivity index (χ2v) is 4.57. The Hall–Kier alpha value is -0.790. The van der Waals surface area contributed by atoms with Crippen molar-refractivity contribution < 1.29 is 9.53 Å². The summed E-state index contributed by atoms with van der Waals surface area (Å²) in [6.07, 6.45) is 2.43. The van der Waals surface area contributed by atoms with E-state index in [1.807, 2.05) is 6.08 Å². The highest BCUT2D eigenvalue weighted by Crippen LogP contribution is 2.34. The van der Waals surface area contributed by atoms with Crippen LogP contribution >= 0.6 is 0 Å². The van der Waals surface area contributed by atoms with Gasteiger partial charge in [-0.3, -0.25) is 4.79 Å². The molecule has 0 saturated heterocycles. The van der Waals surface area contributed by atoms with Crippen LogP contribution in [0.4, 0.5) is 0 Å². The molecule has 0 aromatic carbocycles. The molecular weight excluding hydrogens is 176 g/mol. The fourth-order valence-electron chi connectivity index (χ4n) is 1.44. The van der Waals surface area contributed by atoms with E-state index in [0.29, 0.717) is 18.3 Å². The van der Waals surface area contributed by atoms with Gasteiger partial charge in [-0.05, 0) is 17.3 Å². The number of carbonyl (C=O) groups excluding carboxylic acids is 1. The second kappa shape index (κ2) is 5.18. The summed E-state index contributed by atoms with van der Waals surface area (Å²) in [6, 6.07) is 0. The highest BCUT2D eigenvalue weighted by atomic mass is 16.5. The van der Waals surface area contributed by atoms with Crippen molar-refractivity contribution >= 4 is 5.97 Å². The van der Waals surface area contributed by atoms with Crippen LogP contribution in [0.25, 0.3) is 0 Å². The van der Waals surface area contributed by atoms with E-state index in [0.717, 1.165) is 0 Å². The molecule has 0 amide bonds. The first kappa shape index (κ1) is 13.2. The van der Waals surface area contributed by atoms with Crippen LogP contribution in [0, 0.1) is 17.3 Å². The second-order valence-electron chi connectivity index (χ2n) is 4.57. The van der Waals surface area contributed by atoms with E-state index in [1.165, 1.54) is 7.11 Å². The highest BCUT2D eigenvalue weighted by molar-refractivity contribution is 5.69. The number of allylic oxidation sites excluding steroid dienone is 1. The van der Waals surface area contributed by atoms with Gasteiger partial charge in [-0.2, -0.15) is 0 Å². The maximum Gasteiger partial charge on any atom is 0.305 e. The number of carbonyl (C=O) groups is 1. The van der Waals surface area contributed by atoms with Crippen molar-refractivity contribution in [2.24, 2.45) is 17.3 Å². The third kappa shape index (κ3) is 3.52. The first-order valence-corrected chi connectivity index (χ1v) is 5.05. The van der Waals surface area contributed by atoms with Gasteiger partial charge >= 0.3 is 5.97 Å². The van der Waals surface area contributed by atoms with Crippen LogP contribution in [-0.4, -0.2) is 13.1 Å². The van der Waals surface area contributed by atoms with E-state index < -0.39 is 0 Å². The molecule has 0 unspecified atom stereocenters. The Bertz CT molecular complexity index is 206. The molecule has 0 radical (unpaired) electrons. The molecular formula is C12H22O2. The molecule has 0 aliphatic heterocycles. The molecule has 0 spiro atoms. The smallest absolute Gasteiger partial charge is 0.305 e. The van der Waals surface area contributed by atoms with Gasteiger partial charge in [0.15, 0.2) is 0 Å². The SMILES string of the molecule is C=CC(C)(C)[C@H](C)[C@H](C)CC(=O)OC. The fraction of sp³-hybridized carbons (Fsp3) is 0.750. The van der Waals surface area contributed by atoms with Crippen LogP contribution in [0.5, 0.6) is 0 Å². The maximum absolute atomic E-state index is 11.1. The molecule has 0 aromatic rings. The number of hydrogen-bond donors (Lipinski definition) is 0. The van der Waals surface area contributed by atoms with Crippen LogP contribution in [0.1, 0.15) is 34.1 Å². The Labute approximate surface area is 87.3 Å². The summed E-state index contributed by atoms with van der Waals surface area (Å²) in [5.41, 5.74) is 0.0629. The first-order chi connectivity index (χ1) is 6.35. The molecule has 14 heavy (non-hydrogen) atoms. The van der Waals surface area contributed by atoms with E-state index in [2.05, 4.69) is 39.0 Å². The Morgan fingerprint density at radius 3 is 2.36 bits per heavy atom. The lowest BCUT2D eigenvalue weighted by Crippen LogP contribution is -2.26. The van der Waals surface area contributed by atoms with Gasteiger partial charge in [0.05, 0.1) is 7.11 Å². The van der Waals surface area contributed by atoms with Gasteiger partial charge in [-0.25, -0.2) is 0 Å². The van der Waals surface area contributed by atoms with Crippen molar-refractivity contribution in [2.45, 2.75) is 34.1 Å². The first-order valence-electron chi connectivity index (χ1n) is 5.05. The minimum Gasteiger partial charge on any atom is -0.469 e. The molecule has 0 rings (SSSR count). The largest absolute Gasteiger partial charge is 0.469 e. The van der Waals surface area contributed by atoms with Gasteiger partial charge in [0.1, 0.15) is 0 Å². The summed E-state index contributed by atoms with van der Waals surface area (Å²) in [5, 5.41) is 0. The van der Waals surface area contributed by atoms with E-state index >= 15 is 0 Å². The van der Waals surface area contributed by atoms with Crippen molar-refractivity contribution in [1.29, 1.82) is 0 Å². The molecule has 0 saturated carbocycles. The summed E-state index contributed by atoms with van der Waals surface area (Å²) >= 11 is 0. The van der Waals surface area contributed by atoms with Gasteiger partial charge in [0.25, 0.3) is 0 Å². The summed E-state index contributed by atoms with van der Waals surface area (Å²) in [6.45, 7) is 12.3. The predicted molar refractivity (Wildman–Crippen MR) is 58.9 cm³/mol. The van der Waals surface area contributed by atoms with Crippen molar-refractivity contribution in [2.75, 3.05) is 7.11 Å². The van der Waals surface area contributed by atoms with Gasteiger partial charge in [0.2, 0.25) is 0 Å². The molecule has 2 nitrogen and oxygen atoms in total. The van der Waals surface area contributed by atoms with Crippen LogP contribution in [-0.2, 0) is 9.53 Å². The van der Waals surface area contributed by atoms with Crippen LogP contribution in [0.2, 0.25) is 0 Å². The molecule has 2 atom stereocenters. The van der Waals surface area contributed by atoms with Gasteiger partial charge in [0, 0.05) is 6.42 Å². The van der Waals surface area contributed by atoms with Gasteiger partial charge in [-0.15, -0.1) is 6.58 Å². The molecule has 0 N–H and O–H groups in total. The Morgan fingerprint density at radius 1 is 1.50 bits per heavy atom. The lowest BCUT2D eigenvalue weighted by Gasteiger charge is -2.32. The standard InChI is InChI=1S/C12H22O2/c1-7-12(4,5)10(3)9(2)8-11(13)14-6/h7,9-10H,1,8H2,2-6H3/t9-,10-/m1/s1. The zero-order valence-electron chi connectivity index (χ0n) is 9.96. The molecule has 0 aromatic heterocycles. The van der Waals surface area contributed by atoms with Crippen molar-refractivity contribution in [3.8, 4) is 0 Å². The molecule has 2 heteroatoms. The topological polar surface area (TPSA) is 26.3 Å². The summed E-state index contributed by atoms with van der Waals surface area (Å²) < 4.78 is 4.65. The monoisotopic (exact) mass is 198 g/mol. The lowest BCUT2D eigenvalue weighted by molar-refractivity contribution is -0.142. The zero-order valence-corrected chi connectivity index (χ0v) is 9.96. The normalized spacial score (nSPS) is 15.8. The van der Waals surface area contributed by atoms with Crippen LogP contribution in [0.15, 0.2) is 12.7 Å². The minimum atomic E-state index is -0.135. The number of hydrogen-bond acceptors (Lipinski definition) is 2. The predicted octanol–water partition coefficient (Wildman–Crippen LogP) is 3.03. The van der Waals surface area contributed by atoms with E-state index in [1.54, 1.807) is 0 Å². The fourth-order valence-corrected chi connectivity index (χ4v) is 1.44. The number of esters is 1. The molecule has 0 bridgehead atoms. The average molecular weight is 198 g/mol. The third-order valence-electron chi connectivity index (χ3n) is 3.27. The zero-order chi connectivity index (χ0) is 11.4. The molecule has 0 aliphatic rings. The Balaban J connectivity index is 4.31. The van der Waals surface area contributed by atoms with Gasteiger partial charge < -0.3 is 4.74 Å². The highest BCUT2D eigenvalue weighted by Gasteiger charge is 2.28. The number of methoxy groups -OCH3 is 1. The Morgan fingerprint density at radius 2 is 2.00 bits per heavy atom. The number of ether oxygens (including phenoxy) is 1. The third-order valence-corrected chi connectivity index (χ3v) is 3.27.